The lowest BCUT2D eigenvalue weighted by atomic mass is 10.2. The molecule has 1 rings (SSSR count). The lowest BCUT2D eigenvalue weighted by Gasteiger charge is -2.08. The Bertz CT molecular complexity index is 435. The van der Waals surface area contributed by atoms with Gasteiger partial charge in [0.15, 0.2) is 0 Å². The molecule has 98 valence electrons. The fourth-order valence-electron chi connectivity index (χ4n) is 1.40. The molecule has 0 saturated heterocycles. The normalized spacial score (nSPS) is 11.1. The molecule has 0 saturated carbocycles. The summed E-state index contributed by atoms with van der Waals surface area (Å²) >= 11 is 0. The summed E-state index contributed by atoms with van der Waals surface area (Å²) in [7, 11) is 0. The van der Waals surface area contributed by atoms with Gasteiger partial charge in [-0.25, -0.2) is 4.39 Å². The first-order chi connectivity index (χ1) is 8.42. The molecule has 18 heavy (non-hydrogen) atoms. The molecular formula is C12H12F4N2. The minimum atomic E-state index is -4.12. The molecule has 0 aliphatic heterocycles. The Morgan fingerprint density at radius 3 is 2.50 bits per heavy atom. The molecule has 0 heterocycles. The van der Waals surface area contributed by atoms with Crippen molar-refractivity contribution >= 4 is 5.69 Å². The SMILES string of the molecule is N#Cc1ccc(NCCCCC(F)(F)F)cc1F. The number of nitrogens with zero attached hydrogens (tertiary/aromatic N) is 1. The van der Waals surface area contributed by atoms with E-state index in [-0.39, 0.29) is 12.0 Å². The van der Waals surface area contributed by atoms with E-state index in [1.165, 1.54) is 12.1 Å². The molecule has 0 atom stereocenters. The van der Waals surface area contributed by atoms with E-state index in [0.717, 1.165) is 6.07 Å². The van der Waals surface area contributed by atoms with Crippen molar-refractivity contribution in [3.8, 4) is 6.07 Å². The summed E-state index contributed by atoms with van der Waals surface area (Å²) in [6.45, 7) is 0.335. The maximum Gasteiger partial charge on any atom is 0.389 e. The van der Waals surface area contributed by atoms with Gasteiger partial charge >= 0.3 is 6.18 Å². The van der Waals surface area contributed by atoms with E-state index in [1.807, 2.05) is 0 Å². The van der Waals surface area contributed by atoms with Crippen LogP contribution in [0.25, 0.3) is 0 Å². The molecule has 2 nitrogen and oxygen atoms in total. The molecule has 0 aliphatic rings. The van der Waals surface area contributed by atoms with Crippen molar-refractivity contribution in [1.82, 2.24) is 0 Å². The summed E-state index contributed by atoms with van der Waals surface area (Å²) in [5, 5.41) is 11.3. The summed E-state index contributed by atoms with van der Waals surface area (Å²) in [6.07, 6.45) is -4.55. The number of hydrogen-bond acceptors (Lipinski definition) is 2. The molecule has 0 aliphatic carbocycles. The van der Waals surface area contributed by atoms with Crippen LogP contribution in [-0.4, -0.2) is 12.7 Å². The molecule has 0 amide bonds. The number of halogens is 4. The second-order valence-electron chi connectivity index (χ2n) is 3.81. The average molecular weight is 260 g/mol. The Kier molecular flexibility index (Phi) is 4.95. The fourth-order valence-corrected chi connectivity index (χ4v) is 1.40. The Hall–Kier alpha value is -1.77. The first kappa shape index (κ1) is 14.3. The number of rotatable bonds is 5. The van der Waals surface area contributed by atoms with E-state index in [0.29, 0.717) is 18.7 Å². The molecule has 0 fully saturated rings. The molecule has 1 aromatic carbocycles. The van der Waals surface area contributed by atoms with Gasteiger partial charge in [-0.1, -0.05) is 0 Å². The van der Waals surface area contributed by atoms with E-state index in [9.17, 15) is 17.6 Å². The molecule has 1 aromatic rings. The van der Waals surface area contributed by atoms with Crippen LogP contribution in [0.2, 0.25) is 0 Å². The third-order valence-corrected chi connectivity index (χ3v) is 2.31. The summed E-state index contributed by atoms with van der Waals surface area (Å²) in [5.41, 5.74) is 0.399. The van der Waals surface area contributed by atoms with E-state index < -0.39 is 18.4 Å². The first-order valence-electron chi connectivity index (χ1n) is 5.42. The quantitative estimate of drug-likeness (QED) is 0.645. The highest BCUT2D eigenvalue weighted by atomic mass is 19.4. The number of alkyl halides is 3. The van der Waals surface area contributed by atoms with Gasteiger partial charge in [-0.2, -0.15) is 18.4 Å². The molecule has 0 aromatic heterocycles. The van der Waals surface area contributed by atoms with E-state index in [1.54, 1.807) is 6.07 Å². The average Bonchev–Trinajstić information content (AvgIpc) is 2.27. The second kappa shape index (κ2) is 6.24. The van der Waals surface area contributed by atoms with Crippen molar-refractivity contribution in [3.63, 3.8) is 0 Å². The lowest BCUT2D eigenvalue weighted by Crippen LogP contribution is -2.08. The predicted octanol–water partition coefficient (Wildman–Crippen LogP) is 3.84. The van der Waals surface area contributed by atoms with Crippen molar-refractivity contribution in [2.45, 2.75) is 25.4 Å². The minimum Gasteiger partial charge on any atom is -0.385 e. The Labute approximate surface area is 102 Å². The summed E-state index contributed by atoms with van der Waals surface area (Å²) in [5.74, 6) is -0.641. The van der Waals surface area contributed by atoms with E-state index >= 15 is 0 Å². The Balaban J connectivity index is 2.32. The van der Waals surface area contributed by atoms with Gasteiger partial charge < -0.3 is 5.32 Å². The second-order valence-corrected chi connectivity index (χ2v) is 3.81. The van der Waals surface area contributed by atoms with Crippen LogP contribution in [0.4, 0.5) is 23.2 Å². The van der Waals surface area contributed by atoms with Gasteiger partial charge in [-0.15, -0.1) is 0 Å². The smallest absolute Gasteiger partial charge is 0.385 e. The third-order valence-electron chi connectivity index (χ3n) is 2.31. The van der Waals surface area contributed by atoms with Gasteiger partial charge in [0.2, 0.25) is 0 Å². The monoisotopic (exact) mass is 260 g/mol. The maximum atomic E-state index is 13.2. The number of hydrogen-bond donors (Lipinski definition) is 1. The van der Waals surface area contributed by atoms with Crippen molar-refractivity contribution in [1.29, 1.82) is 5.26 Å². The van der Waals surface area contributed by atoms with Crippen LogP contribution in [-0.2, 0) is 0 Å². The zero-order valence-corrected chi connectivity index (χ0v) is 9.52. The zero-order valence-electron chi connectivity index (χ0n) is 9.52. The minimum absolute atomic E-state index is 0.0370. The van der Waals surface area contributed by atoms with Gasteiger partial charge in [0.05, 0.1) is 5.56 Å². The summed E-state index contributed by atoms with van der Waals surface area (Å²) < 4.78 is 48.7. The van der Waals surface area contributed by atoms with Crippen LogP contribution >= 0.6 is 0 Å². The number of unbranched alkanes of at least 4 members (excludes halogenated alkanes) is 1. The fraction of sp³-hybridized carbons (Fsp3) is 0.417. The third kappa shape index (κ3) is 5.04. The van der Waals surface area contributed by atoms with Crippen molar-refractivity contribution in [3.05, 3.63) is 29.6 Å². The van der Waals surface area contributed by atoms with Crippen LogP contribution in [0.5, 0.6) is 0 Å². The largest absolute Gasteiger partial charge is 0.389 e. The zero-order chi connectivity index (χ0) is 13.6. The highest BCUT2D eigenvalue weighted by Crippen LogP contribution is 2.22. The summed E-state index contributed by atoms with van der Waals surface area (Å²) in [6, 6.07) is 5.69. The first-order valence-corrected chi connectivity index (χ1v) is 5.42. The Morgan fingerprint density at radius 1 is 1.22 bits per heavy atom. The molecule has 6 heteroatoms. The number of nitriles is 1. The molecule has 1 N–H and O–H groups in total. The van der Waals surface area contributed by atoms with Crippen molar-refractivity contribution < 1.29 is 17.6 Å². The van der Waals surface area contributed by atoms with Crippen LogP contribution in [0.15, 0.2) is 18.2 Å². The van der Waals surface area contributed by atoms with Crippen LogP contribution in [0.3, 0.4) is 0 Å². The summed E-state index contributed by atoms with van der Waals surface area (Å²) in [4.78, 5) is 0. The maximum absolute atomic E-state index is 13.2. The van der Waals surface area contributed by atoms with Crippen molar-refractivity contribution in [2.75, 3.05) is 11.9 Å². The van der Waals surface area contributed by atoms with Crippen LogP contribution < -0.4 is 5.32 Å². The predicted molar refractivity (Wildman–Crippen MR) is 59.5 cm³/mol. The van der Waals surface area contributed by atoms with Crippen LogP contribution in [0.1, 0.15) is 24.8 Å². The molecule has 0 radical (unpaired) electrons. The molecular weight excluding hydrogens is 248 g/mol. The van der Waals surface area contributed by atoms with Crippen LogP contribution in [0, 0.1) is 17.1 Å². The topological polar surface area (TPSA) is 35.8 Å². The standard InChI is InChI=1S/C12H12F4N2/c13-11-7-10(4-3-9(11)8-17)18-6-2-1-5-12(14,15)16/h3-4,7,18H,1-2,5-6H2. The van der Waals surface area contributed by atoms with Gasteiger partial charge in [0.25, 0.3) is 0 Å². The molecule has 0 unspecified atom stereocenters. The number of benzene rings is 1. The Morgan fingerprint density at radius 2 is 1.94 bits per heavy atom. The van der Waals surface area contributed by atoms with Gasteiger partial charge in [0, 0.05) is 18.7 Å². The van der Waals surface area contributed by atoms with Gasteiger partial charge in [-0.05, 0) is 31.0 Å². The number of nitrogens with one attached hydrogen (secondary N) is 1. The lowest BCUT2D eigenvalue weighted by molar-refractivity contribution is -0.135. The molecule has 0 bridgehead atoms. The highest BCUT2D eigenvalue weighted by Gasteiger charge is 2.25. The van der Waals surface area contributed by atoms with E-state index in [4.69, 9.17) is 5.26 Å². The number of anilines is 1. The molecule has 0 spiro atoms. The van der Waals surface area contributed by atoms with Gasteiger partial charge in [0.1, 0.15) is 11.9 Å². The van der Waals surface area contributed by atoms with Crippen molar-refractivity contribution in [2.24, 2.45) is 0 Å². The van der Waals surface area contributed by atoms with E-state index in [2.05, 4.69) is 5.32 Å². The highest BCUT2D eigenvalue weighted by molar-refractivity contribution is 5.47. The van der Waals surface area contributed by atoms with Gasteiger partial charge in [-0.3, -0.25) is 0 Å².